The monoisotopic (exact) mass is 2080 g/mol. The summed E-state index contributed by atoms with van der Waals surface area (Å²) < 4.78 is 21.2. The summed E-state index contributed by atoms with van der Waals surface area (Å²) >= 11 is 0. The van der Waals surface area contributed by atoms with Crippen LogP contribution in [0.4, 0.5) is 0 Å². The lowest BCUT2D eigenvalue weighted by molar-refractivity contribution is -0.144. The third-order valence-electron chi connectivity index (χ3n) is 25.6. The maximum atomic E-state index is 12.4. The van der Waals surface area contributed by atoms with Crippen LogP contribution in [0.15, 0.2) is 0 Å². The molecule has 0 rings (SSSR count). The quantitative estimate of drug-likeness (QED) is 0.0262. The molecule has 0 aromatic rings. The van der Waals surface area contributed by atoms with Crippen LogP contribution >= 0.6 is 0 Å². The Morgan fingerprint density at radius 1 is 0.226 bits per heavy atom. The van der Waals surface area contributed by atoms with Crippen molar-refractivity contribution in [2.45, 2.75) is 523 Å². The summed E-state index contributed by atoms with van der Waals surface area (Å²) in [6, 6.07) is 0. The van der Waals surface area contributed by atoms with Gasteiger partial charge in [-0.05, 0) is 85.5 Å². The molecular formula is C114H206N4O28. The van der Waals surface area contributed by atoms with Gasteiger partial charge in [0.15, 0.2) is 11.6 Å². The summed E-state index contributed by atoms with van der Waals surface area (Å²) in [5.74, 6) is -8.18. The largest absolute Gasteiger partial charge is 0.481 e. The standard InChI is InChI=1S/C42H77NO10.C26H47NO6.C24H43NO6.C22H39NO6/c1-3-4-5-6-7-8-9-10-11-12-13-14-15-16-17-18-19-20-21-23-39(45)34-38(42(48)49)25-26-41(47)43-27-29-51-31-33-53-36-40(46)24-22-28-50-30-32-52-35-37(2)44;1-23(28)20-21-27(22-26(32)33)24(29)18-16-14-12-10-8-6-4-2-3-5-7-9-11-13-15-17-19-25(30)31;1-21(26)18-19-25(20-24(30)31)22(27)16-14-12-10-8-6-4-2-3-5-7-9-11-13-15-17-23(28)29;1-19(24)16-17-23(18-22(28)29)20(25)14-12-10-8-6-4-2-3-5-7-9-11-13-15-21(26)27/h38H,3-36H2,1-2H3,(H,43,47)(H,48,49);2-22H2,1H3,(H,30,31)(H,32,33);2-20H2,1H3,(H,28,29)(H,30,31);2-18H2,1H3,(H,26,27)(H,28,29)/t38-;;;/m1.../s1. The van der Waals surface area contributed by atoms with Crippen molar-refractivity contribution in [3.8, 4) is 0 Å². The number of nitrogens with one attached hydrogen (secondary N) is 1. The van der Waals surface area contributed by atoms with Crippen molar-refractivity contribution in [3.05, 3.63) is 0 Å². The number of nitrogens with zero attached hydrogens (tertiary/aromatic N) is 3. The molecular weight excluding hydrogens is 1870 g/mol. The lowest BCUT2D eigenvalue weighted by Crippen LogP contribution is -2.36. The predicted octanol–water partition coefficient (Wildman–Crippen LogP) is 24.0. The van der Waals surface area contributed by atoms with Gasteiger partial charge in [0.25, 0.3) is 0 Å². The van der Waals surface area contributed by atoms with Gasteiger partial charge in [0.2, 0.25) is 23.6 Å². The van der Waals surface area contributed by atoms with Crippen LogP contribution in [0, 0.1) is 5.92 Å². The number of rotatable bonds is 109. The molecule has 32 heteroatoms. The Labute approximate surface area is 879 Å². The number of ketones is 6. The van der Waals surface area contributed by atoms with E-state index in [1.54, 1.807) is 0 Å². The van der Waals surface area contributed by atoms with Crippen molar-refractivity contribution in [2.75, 3.05) is 98.7 Å². The summed E-state index contributed by atoms with van der Waals surface area (Å²) in [6.07, 6.45) is 75.6. The number of Topliss-reactive ketones (excluding diaryl/α,β-unsaturated/α-hetero) is 6. The fraction of sp³-hybridized carbons (Fsp3) is 0.851. The van der Waals surface area contributed by atoms with E-state index in [4.69, 9.17) is 49.6 Å². The van der Waals surface area contributed by atoms with E-state index in [0.717, 1.165) is 141 Å². The molecule has 146 heavy (non-hydrogen) atoms. The normalized spacial score (nSPS) is 11.1. The lowest BCUT2D eigenvalue weighted by atomic mass is 9.94. The van der Waals surface area contributed by atoms with Crippen molar-refractivity contribution < 1.29 is 136 Å². The van der Waals surface area contributed by atoms with Gasteiger partial charge in [0, 0.05) is 116 Å². The zero-order chi connectivity index (χ0) is 109. The number of carbonyl (C=O) groups excluding carboxylic acids is 10. The highest BCUT2D eigenvalue weighted by atomic mass is 16.5. The molecule has 32 nitrogen and oxygen atoms in total. The Morgan fingerprint density at radius 2 is 0.459 bits per heavy atom. The Balaban J connectivity index is -0.000000953. The first-order chi connectivity index (χ1) is 70.2. The molecule has 0 aliphatic rings. The fourth-order valence-electron chi connectivity index (χ4n) is 16.8. The van der Waals surface area contributed by atoms with Gasteiger partial charge in [-0.3, -0.25) is 81.5 Å². The molecule has 0 radical (unpaired) electrons. The molecule has 0 saturated carbocycles. The number of hydrogen-bond donors (Lipinski definition) is 8. The summed E-state index contributed by atoms with van der Waals surface area (Å²) in [7, 11) is 0. The molecule has 4 amide bonds. The second kappa shape index (κ2) is 111. The van der Waals surface area contributed by atoms with Crippen LogP contribution in [0.3, 0.4) is 0 Å². The molecule has 0 bridgehead atoms. The van der Waals surface area contributed by atoms with Gasteiger partial charge in [0.05, 0.1) is 39.0 Å². The minimum Gasteiger partial charge on any atom is -0.481 e. The average molecular weight is 2080 g/mol. The number of carboxylic acid groups (broad SMARTS) is 7. The number of hydrogen-bond acceptors (Lipinski definition) is 21. The minimum atomic E-state index is -1.05. The molecule has 0 aliphatic carbocycles. The first-order valence-corrected chi connectivity index (χ1v) is 57.2. The third kappa shape index (κ3) is 120. The van der Waals surface area contributed by atoms with Crippen LogP contribution in [0.5, 0.6) is 0 Å². The molecule has 0 fully saturated rings. The zero-order valence-electron chi connectivity index (χ0n) is 92.0. The van der Waals surface area contributed by atoms with E-state index < -0.39 is 47.7 Å². The summed E-state index contributed by atoms with van der Waals surface area (Å²) in [5.41, 5.74) is 0. The second-order valence-electron chi connectivity index (χ2n) is 40.0. The van der Waals surface area contributed by atoms with E-state index in [0.29, 0.717) is 71.2 Å². The van der Waals surface area contributed by atoms with Crippen LogP contribution in [0.2, 0.25) is 0 Å². The first-order valence-electron chi connectivity index (χ1n) is 57.2. The Morgan fingerprint density at radius 3 is 0.705 bits per heavy atom. The molecule has 8 N–H and O–H groups in total. The Hall–Kier alpha value is -7.97. The number of unbranched alkanes of at least 4 members (excludes halogenated alkanes) is 57. The summed E-state index contributed by atoms with van der Waals surface area (Å²) in [5, 5.41) is 64.8. The highest BCUT2D eigenvalue weighted by Crippen LogP contribution is 2.23. The average Bonchev–Trinajstić information content (AvgIpc) is 0.934. The topological polar surface area (TPSA) is 490 Å². The van der Waals surface area contributed by atoms with Gasteiger partial charge in [-0.1, -0.05) is 354 Å². The molecule has 0 heterocycles. The second-order valence-corrected chi connectivity index (χ2v) is 40.0. The van der Waals surface area contributed by atoms with Gasteiger partial charge in [-0.25, -0.2) is 0 Å². The molecule has 850 valence electrons. The van der Waals surface area contributed by atoms with E-state index in [-0.39, 0.29) is 182 Å². The van der Waals surface area contributed by atoms with E-state index >= 15 is 0 Å². The number of carbonyl (C=O) groups is 17. The highest BCUT2D eigenvalue weighted by molar-refractivity contribution is 5.86. The van der Waals surface area contributed by atoms with E-state index in [1.807, 2.05) is 0 Å². The number of carboxylic acids is 7. The third-order valence-corrected chi connectivity index (χ3v) is 25.6. The van der Waals surface area contributed by atoms with Crippen LogP contribution in [0.25, 0.3) is 0 Å². The first kappa shape index (κ1) is 144. The van der Waals surface area contributed by atoms with Crippen molar-refractivity contribution in [1.82, 2.24) is 20.0 Å². The molecule has 0 saturated heterocycles. The Bertz CT molecular complexity index is 3300. The van der Waals surface area contributed by atoms with Crippen molar-refractivity contribution in [2.24, 2.45) is 5.92 Å². The zero-order valence-corrected chi connectivity index (χ0v) is 92.0. The molecule has 0 aromatic heterocycles. The fourth-order valence-corrected chi connectivity index (χ4v) is 16.8. The molecule has 0 spiro atoms. The van der Waals surface area contributed by atoms with E-state index in [1.165, 1.54) is 293 Å². The number of aliphatic carboxylic acids is 7. The number of ether oxygens (including phenoxy) is 4. The summed E-state index contributed by atoms with van der Waals surface area (Å²) in [4.78, 5) is 196. The highest BCUT2D eigenvalue weighted by Gasteiger charge is 2.24. The van der Waals surface area contributed by atoms with Gasteiger partial charge in [-0.2, -0.15) is 0 Å². The minimum absolute atomic E-state index is 0.00530. The van der Waals surface area contributed by atoms with Crippen molar-refractivity contribution in [1.29, 1.82) is 0 Å². The smallest absolute Gasteiger partial charge is 0.323 e. The van der Waals surface area contributed by atoms with Crippen LogP contribution < -0.4 is 5.32 Å². The molecule has 0 aliphatic heterocycles. The van der Waals surface area contributed by atoms with E-state index in [9.17, 15) is 86.6 Å². The Kier molecular flexibility index (Phi) is 110. The number of amides is 4. The van der Waals surface area contributed by atoms with E-state index in [2.05, 4.69) is 12.2 Å². The maximum absolute atomic E-state index is 12.4. The molecule has 0 unspecified atom stereocenters. The lowest BCUT2D eigenvalue weighted by Gasteiger charge is -2.20. The van der Waals surface area contributed by atoms with Gasteiger partial charge in [0.1, 0.15) is 56.0 Å². The van der Waals surface area contributed by atoms with Gasteiger partial charge < -0.3 is 74.7 Å². The van der Waals surface area contributed by atoms with Gasteiger partial charge in [-0.15, -0.1) is 0 Å². The van der Waals surface area contributed by atoms with Crippen LogP contribution in [-0.2, 0) is 100 Å². The van der Waals surface area contributed by atoms with Crippen LogP contribution in [-0.4, -0.2) is 249 Å². The SMILES string of the molecule is CC(=O)CCN(CC(=O)O)C(=O)CCCCCCCCCCCCCCC(=O)O.CC(=O)CCN(CC(=O)O)C(=O)CCCCCCCCCCCCCCCCC(=O)O.CC(=O)CCN(CC(=O)O)C(=O)CCCCCCCCCCCCCCCCCCC(=O)O.CCCCCCCCCCCCCCCCCCCCCC(=O)C[C@@H](CCC(=O)NCCOCCOCC(=O)CCCOCCOCC(C)=O)C(=O)O. The predicted molar refractivity (Wildman–Crippen MR) is 572 cm³/mol. The van der Waals surface area contributed by atoms with Crippen molar-refractivity contribution >= 4 is 100 Å². The van der Waals surface area contributed by atoms with Crippen molar-refractivity contribution in [3.63, 3.8) is 0 Å². The summed E-state index contributed by atoms with van der Waals surface area (Å²) in [6.45, 7) is 9.87. The maximum Gasteiger partial charge on any atom is 0.323 e. The van der Waals surface area contributed by atoms with Crippen LogP contribution in [0.1, 0.15) is 523 Å². The molecule has 0 aromatic carbocycles. The molecule has 1 atom stereocenters. The van der Waals surface area contributed by atoms with Gasteiger partial charge >= 0.3 is 41.8 Å².